The number of anilines is 1. The fraction of sp³-hybridized carbons (Fsp3) is 0.350. The van der Waals surface area contributed by atoms with Crippen LogP contribution in [0.3, 0.4) is 0 Å². The van der Waals surface area contributed by atoms with E-state index in [0.29, 0.717) is 34.0 Å². The summed E-state index contributed by atoms with van der Waals surface area (Å²) in [5, 5.41) is 20.8. The molecule has 0 unspecified atom stereocenters. The third-order valence-corrected chi connectivity index (χ3v) is 5.06. The fourth-order valence-electron chi connectivity index (χ4n) is 3.32. The van der Waals surface area contributed by atoms with E-state index in [0.717, 1.165) is 11.6 Å². The van der Waals surface area contributed by atoms with Gasteiger partial charge in [-0.2, -0.15) is 5.10 Å². The van der Waals surface area contributed by atoms with Crippen molar-refractivity contribution in [1.82, 2.24) is 29.7 Å². The standard InChI is InChI=1S/C20H22FN7O2/c1-20(2,3)13(8-14(29)30)23-17-11-5-6-28(4)19(11)25-18(24-17)15-12-7-10(21)9-22-16(12)27-26-15/h5-7,9,13H,8H2,1-4H3,(H,29,30)(H,22,26,27)(H,23,24,25)/t13-/m1/s1. The van der Waals surface area contributed by atoms with Crippen LogP contribution in [0.2, 0.25) is 0 Å². The summed E-state index contributed by atoms with van der Waals surface area (Å²) in [4.78, 5) is 24.7. The van der Waals surface area contributed by atoms with Crippen LogP contribution in [0.1, 0.15) is 27.2 Å². The van der Waals surface area contributed by atoms with Crippen LogP contribution in [0, 0.1) is 11.2 Å². The van der Waals surface area contributed by atoms with Gasteiger partial charge in [0.1, 0.15) is 23.0 Å². The molecule has 0 aliphatic carbocycles. The number of nitrogens with zero attached hydrogens (tertiary/aromatic N) is 5. The van der Waals surface area contributed by atoms with Crippen LogP contribution >= 0.6 is 0 Å². The Morgan fingerprint density at radius 2 is 2.10 bits per heavy atom. The number of aryl methyl sites for hydroxylation is 1. The summed E-state index contributed by atoms with van der Waals surface area (Å²) in [5.41, 5.74) is 1.11. The van der Waals surface area contributed by atoms with Gasteiger partial charge in [-0.3, -0.25) is 9.89 Å². The van der Waals surface area contributed by atoms with Gasteiger partial charge in [-0.15, -0.1) is 0 Å². The number of rotatable bonds is 5. The predicted octanol–water partition coefficient (Wildman–Crippen LogP) is 3.35. The number of hydrogen-bond donors (Lipinski definition) is 3. The molecule has 0 aromatic carbocycles. The van der Waals surface area contributed by atoms with Gasteiger partial charge in [-0.05, 0) is 17.5 Å². The molecule has 0 aliphatic rings. The topological polar surface area (TPSA) is 122 Å². The lowest BCUT2D eigenvalue weighted by molar-refractivity contribution is -0.137. The average Bonchev–Trinajstić information content (AvgIpc) is 3.23. The summed E-state index contributed by atoms with van der Waals surface area (Å²) in [7, 11) is 1.85. The molecule has 0 saturated carbocycles. The molecule has 4 aromatic rings. The first kappa shape index (κ1) is 19.7. The zero-order valence-electron chi connectivity index (χ0n) is 17.1. The van der Waals surface area contributed by atoms with E-state index >= 15 is 0 Å². The van der Waals surface area contributed by atoms with Crippen LogP contribution in [0.25, 0.3) is 33.6 Å². The third kappa shape index (κ3) is 3.56. The Balaban J connectivity index is 1.88. The van der Waals surface area contributed by atoms with Crippen LogP contribution in [-0.4, -0.2) is 46.8 Å². The Morgan fingerprint density at radius 3 is 2.80 bits per heavy atom. The lowest BCUT2D eigenvalue weighted by Gasteiger charge is -2.31. The van der Waals surface area contributed by atoms with Gasteiger partial charge in [0.2, 0.25) is 0 Å². The van der Waals surface area contributed by atoms with Gasteiger partial charge in [0.15, 0.2) is 11.5 Å². The molecule has 4 heterocycles. The van der Waals surface area contributed by atoms with Crippen molar-refractivity contribution in [2.75, 3.05) is 5.32 Å². The molecule has 0 fully saturated rings. The molecule has 10 heteroatoms. The average molecular weight is 411 g/mol. The molecule has 0 radical (unpaired) electrons. The number of H-pyrrole nitrogens is 1. The molecular weight excluding hydrogens is 389 g/mol. The first-order valence-corrected chi connectivity index (χ1v) is 9.45. The van der Waals surface area contributed by atoms with Crippen LogP contribution < -0.4 is 5.32 Å². The summed E-state index contributed by atoms with van der Waals surface area (Å²) in [6.07, 6.45) is 2.88. The number of carboxylic acid groups (broad SMARTS) is 1. The summed E-state index contributed by atoms with van der Waals surface area (Å²) >= 11 is 0. The van der Waals surface area contributed by atoms with Crippen molar-refractivity contribution >= 4 is 33.9 Å². The Hall–Kier alpha value is -3.56. The maximum Gasteiger partial charge on any atom is 0.305 e. The van der Waals surface area contributed by atoms with E-state index < -0.39 is 11.8 Å². The number of pyridine rings is 1. The smallest absolute Gasteiger partial charge is 0.305 e. The Morgan fingerprint density at radius 1 is 1.33 bits per heavy atom. The first-order valence-electron chi connectivity index (χ1n) is 9.45. The van der Waals surface area contributed by atoms with Gasteiger partial charge in [0, 0.05) is 19.3 Å². The number of aliphatic carboxylic acids is 1. The summed E-state index contributed by atoms with van der Waals surface area (Å²) in [6.45, 7) is 5.90. The van der Waals surface area contributed by atoms with Gasteiger partial charge < -0.3 is 15.0 Å². The molecule has 30 heavy (non-hydrogen) atoms. The van der Waals surface area contributed by atoms with Crippen molar-refractivity contribution in [3.8, 4) is 11.5 Å². The third-order valence-electron chi connectivity index (χ3n) is 5.06. The number of fused-ring (bicyclic) bond motifs is 2. The lowest BCUT2D eigenvalue weighted by Crippen LogP contribution is -2.36. The van der Waals surface area contributed by atoms with Crippen LogP contribution in [0.5, 0.6) is 0 Å². The van der Waals surface area contributed by atoms with Crippen molar-refractivity contribution < 1.29 is 14.3 Å². The van der Waals surface area contributed by atoms with Crippen molar-refractivity contribution in [2.45, 2.75) is 33.2 Å². The number of nitrogens with one attached hydrogen (secondary N) is 2. The van der Waals surface area contributed by atoms with Gasteiger partial charge in [0.25, 0.3) is 0 Å². The Bertz CT molecular complexity index is 1260. The predicted molar refractivity (Wildman–Crippen MR) is 110 cm³/mol. The van der Waals surface area contributed by atoms with Crippen LogP contribution in [-0.2, 0) is 11.8 Å². The number of aromatic nitrogens is 6. The number of carbonyl (C=O) groups is 1. The second-order valence-corrected chi connectivity index (χ2v) is 8.34. The Kier molecular flexibility index (Phi) is 4.64. The van der Waals surface area contributed by atoms with E-state index in [1.807, 2.05) is 44.6 Å². The quantitative estimate of drug-likeness (QED) is 0.460. The van der Waals surface area contributed by atoms with Crippen molar-refractivity contribution in [3.63, 3.8) is 0 Å². The van der Waals surface area contributed by atoms with E-state index in [-0.39, 0.29) is 17.9 Å². The fourth-order valence-corrected chi connectivity index (χ4v) is 3.32. The maximum absolute atomic E-state index is 13.8. The van der Waals surface area contributed by atoms with E-state index in [9.17, 15) is 14.3 Å². The van der Waals surface area contributed by atoms with E-state index in [1.165, 1.54) is 6.07 Å². The van der Waals surface area contributed by atoms with Crippen LogP contribution in [0.4, 0.5) is 10.2 Å². The maximum atomic E-state index is 13.8. The SMILES string of the molecule is Cn1ccc2c(N[C@H](CC(=O)O)C(C)(C)C)nc(-c3[nH]nc4ncc(F)cc34)nc21. The highest BCUT2D eigenvalue weighted by molar-refractivity contribution is 5.93. The molecule has 0 spiro atoms. The molecule has 1 atom stereocenters. The van der Waals surface area contributed by atoms with Crippen molar-refractivity contribution in [2.24, 2.45) is 12.5 Å². The number of carboxylic acids is 1. The minimum absolute atomic E-state index is 0.0702. The van der Waals surface area contributed by atoms with Gasteiger partial charge in [-0.25, -0.2) is 19.3 Å². The summed E-state index contributed by atoms with van der Waals surface area (Å²) in [5.74, 6) is -0.576. The molecule has 0 bridgehead atoms. The zero-order valence-corrected chi connectivity index (χ0v) is 17.1. The number of aromatic amines is 1. The molecular formula is C20H22FN7O2. The van der Waals surface area contributed by atoms with Gasteiger partial charge >= 0.3 is 5.97 Å². The molecule has 4 rings (SSSR count). The Labute approximate surface area is 171 Å². The second kappa shape index (κ2) is 7.05. The van der Waals surface area contributed by atoms with E-state index in [1.54, 1.807) is 0 Å². The van der Waals surface area contributed by atoms with E-state index in [2.05, 4.69) is 30.5 Å². The second-order valence-electron chi connectivity index (χ2n) is 8.34. The highest BCUT2D eigenvalue weighted by atomic mass is 19.1. The van der Waals surface area contributed by atoms with E-state index in [4.69, 9.17) is 0 Å². The van der Waals surface area contributed by atoms with Crippen molar-refractivity contribution in [1.29, 1.82) is 0 Å². The van der Waals surface area contributed by atoms with Crippen molar-refractivity contribution in [3.05, 3.63) is 30.3 Å². The molecule has 156 valence electrons. The zero-order chi connectivity index (χ0) is 21.6. The normalized spacial score (nSPS) is 13.1. The molecule has 9 nitrogen and oxygen atoms in total. The highest BCUT2D eigenvalue weighted by Gasteiger charge is 2.28. The molecule has 0 amide bonds. The number of hydrogen-bond acceptors (Lipinski definition) is 6. The first-order chi connectivity index (χ1) is 14.1. The molecule has 0 aliphatic heterocycles. The monoisotopic (exact) mass is 411 g/mol. The highest BCUT2D eigenvalue weighted by Crippen LogP contribution is 2.31. The lowest BCUT2D eigenvalue weighted by atomic mass is 9.84. The molecule has 0 saturated heterocycles. The summed E-state index contributed by atoms with van der Waals surface area (Å²) < 4.78 is 15.6. The largest absolute Gasteiger partial charge is 0.481 e. The van der Waals surface area contributed by atoms with Crippen LogP contribution in [0.15, 0.2) is 24.5 Å². The van der Waals surface area contributed by atoms with Gasteiger partial charge in [-0.1, -0.05) is 20.8 Å². The van der Waals surface area contributed by atoms with Gasteiger partial charge in [0.05, 0.1) is 23.4 Å². The number of halogens is 1. The minimum Gasteiger partial charge on any atom is -0.481 e. The minimum atomic E-state index is -0.901. The molecule has 3 N–H and O–H groups in total. The summed E-state index contributed by atoms with van der Waals surface area (Å²) in [6, 6.07) is 2.82. The molecule has 4 aromatic heterocycles.